The molecule has 0 radical (unpaired) electrons. The SMILES string of the molecule is CC(=O)Nc1nccc(-c2ccc3c(/C=C/c4ccc(CN(C)C)c(F)c4)n[nH]c3c2)n1. The lowest BCUT2D eigenvalue weighted by molar-refractivity contribution is -0.114. The number of nitrogens with zero attached hydrogens (tertiary/aromatic N) is 4. The first-order chi connectivity index (χ1) is 15.4. The Morgan fingerprint density at radius 3 is 2.75 bits per heavy atom. The second-order valence-corrected chi connectivity index (χ2v) is 7.74. The van der Waals surface area contributed by atoms with Gasteiger partial charge in [-0.1, -0.05) is 24.3 Å². The van der Waals surface area contributed by atoms with Gasteiger partial charge in [0.2, 0.25) is 11.9 Å². The van der Waals surface area contributed by atoms with Gasteiger partial charge in [-0.05, 0) is 50.0 Å². The van der Waals surface area contributed by atoms with Crippen LogP contribution in [-0.4, -0.2) is 45.1 Å². The Balaban J connectivity index is 1.57. The molecule has 0 fully saturated rings. The Bertz CT molecular complexity index is 1310. The van der Waals surface area contributed by atoms with E-state index in [2.05, 4.69) is 25.5 Å². The molecule has 0 aliphatic heterocycles. The van der Waals surface area contributed by atoms with E-state index >= 15 is 0 Å². The van der Waals surface area contributed by atoms with Crippen LogP contribution in [-0.2, 0) is 11.3 Å². The Hall–Kier alpha value is -3.91. The van der Waals surface area contributed by atoms with Crippen molar-refractivity contribution in [2.75, 3.05) is 19.4 Å². The van der Waals surface area contributed by atoms with Gasteiger partial charge in [0, 0.05) is 36.2 Å². The van der Waals surface area contributed by atoms with Crippen molar-refractivity contribution in [2.45, 2.75) is 13.5 Å². The summed E-state index contributed by atoms with van der Waals surface area (Å²) in [6.07, 6.45) is 5.30. The Morgan fingerprint density at radius 2 is 2.00 bits per heavy atom. The third-order valence-electron chi connectivity index (χ3n) is 4.83. The molecule has 32 heavy (non-hydrogen) atoms. The van der Waals surface area contributed by atoms with Gasteiger partial charge in [0.1, 0.15) is 5.82 Å². The molecule has 4 rings (SSSR count). The number of hydrogen-bond acceptors (Lipinski definition) is 5. The molecule has 162 valence electrons. The van der Waals surface area contributed by atoms with Crippen molar-refractivity contribution in [3.8, 4) is 11.3 Å². The number of fused-ring (bicyclic) bond motifs is 1. The third-order valence-corrected chi connectivity index (χ3v) is 4.83. The molecule has 0 atom stereocenters. The predicted molar refractivity (Wildman–Crippen MR) is 124 cm³/mol. The van der Waals surface area contributed by atoms with Crippen molar-refractivity contribution in [3.05, 3.63) is 71.3 Å². The summed E-state index contributed by atoms with van der Waals surface area (Å²) in [4.78, 5) is 21.6. The minimum atomic E-state index is -0.227. The summed E-state index contributed by atoms with van der Waals surface area (Å²) in [5, 5.41) is 10.9. The zero-order valence-corrected chi connectivity index (χ0v) is 18.1. The van der Waals surface area contributed by atoms with E-state index in [1.807, 2.05) is 55.4 Å². The smallest absolute Gasteiger partial charge is 0.229 e. The van der Waals surface area contributed by atoms with Crippen LogP contribution >= 0.6 is 0 Å². The van der Waals surface area contributed by atoms with Crippen LogP contribution in [0.15, 0.2) is 48.7 Å². The monoisotopic (exact) mass is 430 g/mol. The summed E-state index contributed by atoms with van der Waals surface area (Å²) in [7, 11) is 3.82. The van der Waals surface area contributed by atoms with E-state index in [-0.39, 0.29) is 17.7 Å². The van der Waals surface area contributed by atoms with Crippen molar-refractivity contribution in [3.63, 3.8) is 0 Å². The minimum Gasteiger partial charge on any atom is -0.305 e. The van der Waals surface area contributed by atoms with Gasteiger partial charge < -0.3 is 4.90 Å². The molecule has 0 bridgehead atoms. The van der Waals surface area contributed by atoms with Crippen LogP contribution in [0, 0.1) is 5.82 Å². The van der Waals surface area contributed by atoms with Crippen LogP contribution in [0.3, 0.4) is 0 Å². The Kier molecular flexibility index (Phi) is 6.04. The molecule has 2 aromatic carbocycles. The van der Waals surface area contributed by atoms with Gasteiger partial charge in [0.25, 0.3) is 0 Å². The molecule has 0 aliphatic rings. The van der Waals surface area contributed by atoms with Gasteiger partial charge in [-0.2, -0.15) is 5.10 Å². The van der Waals surface area contributed by atoms with Crippen molar-refractivity contribution in [2.24, 2.45) is 0 Å². The summed E-state index contributed by atoms with van der Waals surface area (Å²) in [6, 6.07) is 12.8. The number of benzene rings is 2. The van der Waals surface area contributed by atoms with E-state index in [1.165, 1.54) is 13.0 Å². The van der Waals surface area contributed by atoms with Gasteiger partial charge in [-0.25, -0.2) is 14.4 Å². The van der Waals surface area contributed by atoms with E-state index < -0.39 is 0 Å². The van der Waals surface area contributed by atoms with Gasteiger partial charge in [0.15, 0.2) is 0 Å². The first-order valence-electron chi connectivity index (χ1n) is 10.1. The summed E-state index contributed by atoms with van der Waals surface area (Å²) in [6.45, 7) is 1.97. The molecule has 0 aliphatic carbocycles. The van der Waals surface area contributed by atoms with Crippen LogP contribution in [0.4, 0.5) is 10.3 Å². The van der Waals surface area contributed by atoms with Gasteiger partial charge in [-0.3, -0.25) is 15.2 Å². The van der Waals surface area contributed by atoms with Crippen LogP contribution in [0.2, 0.25) is 0 Å². The van der Waals surface area contributed by atoms with E-state index in [1.54, 1.807) is 18.3 Å². The molecule has 0 saturated heterocycles. The van der Waals surface area contributed by atoms with E-state index in [0.29, 0.717) is 17.8 Å². The molecule has 4 aromatic rings. The highest BCUT2D eigenvalue weighted by molar-refractivity contribution is 5.92. The molecule has 0 saturated carbocycles. The fourth-order valence-electron chi connectivity index (χ4n) is 3.38. The Labute approximate surface area is 185 Å². The molecule has 2 heterocycles. The fraction of sp³-hybridized carbons (Fsp3) is 0.167. The topological polar surface area (TPSA) is 86.8 Å². The second-order valence-electron chi connectivity index (χ2n) is 7.74. The summed E-state index contributed by atoms with van der Waals surface area (Å²) in [5.41, 5.74) is 4.58. The lowest BCUT2D eigenvalue weighted by Gasteiger charge is -2.10. The number of anilines is 1. The van der Waals surface area contributed by atoms with Crippen molar-refractivity contribution < 1.29 is 9.18 Å². The number of carbonyl (C=O) groups excluding carboxylic acids is 1. The maximum atomic E-state index is 14.3. The maximum absolute atomic E-state index is 14.3. The number of halogens is 1. The van der Waals surface area contributed by atoms with Crippen LogP contribution in [0.5, 0.6) is 0 Å². The van der Waals surface area contributed by atoms with Crippen LogP contribution < -0.4 is 5.32 Å². The largest absolute Gasteiger partial charge is 0.305 e. The fourth-order valence-corrected chi connectivity index (χ4v) is 3.38. The summed E-state index contributed by atoms with van der Waals surface area (Å²) >= 11 is 0. The maximum Gasteiger partial charge on any atom is 0.229 e. The van der Waals surface area contributed by atoms with E-state index in [9.17, 15) is 9.18 Å². The molecule has 0 unspecified atom stereocenters. The average Bonchev–Trinajstić information content (AvgIpc) is 3.16. The number of carbonyl (C=O) groups is 1. The zero-order chi connectivity index (χ0) is 22.7. The molecule has 8 heteroatoms. The van der Waals surface area contributed by atoms with Crippen molar-refractivity contribution >= 4 is 34.9 Å². The van der Waals surface area contributed by atoms with Crippen LogP contribution in [0.1, 0.15) is 23.7 Å². The molecular weight excluding hydrogens is 407 g/mol. The van der Waals surface area contributed by atoms with Crippen molar-refractivity contribution in [1.82, 2.24) is 25.1 Å². The quantitative estimate of drug-likeness (QED) is 0.475. The molecule has 2 aromatic heterocycles. The van der Waals surface area contributed by atoms with E-state index in [0.717, 1.165) is 27.7 Å². The normalized spacial score (nSPS) is 11.5. The first-order valence-corrected chi connectivity index (χ1v) is 10.1. The number of amides is 1. The minimum absolute atomic E-state index is 0.221. The summed E-state index contributed by atoms with van der Waals surface area (Å²) in [5.74, 6) is -0.192. The lowest BCUT2D eigenvalue weighted by atomic mass is 10.1. The predicted octanol–water partition coefficient (Wildman–Crippen LogP) is 4.35. The summed E-state index contributed by atoms with van der Waals surface area (Å²) < 4.78 is 14.3. The molecule has 0 spiro atoms. The molecule has 1 amide bonds. The molecular formula is C24H23FN6O. The number of aromatic nitrogens is 4. The number of nitrogens with one attached hydrogen (secondary N) is 2. The average molecular weight is 430 g/mol. The van der Waals surface area contributed by atoms with Crippen molar-refractivity contribution in [1.29, 1.82) is 0 Å². The highest BCUT2D eigenvalue weighted by atomic mass is 19.1. The Morgan fingerprint density at radius 1 is 1.16 bits per heavy atom. The van der Waals surface area contributed by atoms with Gasteiger partial charge in [-0.15, -0.1) is 0 Å². The number of rotatable bonds is 6. The lowest BCUT2D eigenvalue weighted by Crippen LogP contribution is -2.11. The standard InChI is InChI=1S/C24H23FN6O/c1-15(32)27-24-26-11-10-21(28-24)17-7-8-19-22(29-30-23(19)13-17)9-5-16-4-6-18(14-31(2)3)20(25)12-16/h4-13H,14H2,1-3H3,(H,29,30)(H,26,27,28,32)/b9-5+. The molecule has 7 nitrogen and oxygen atoms in total. The van der Waals surface area contributed by atoms with Crippen LogP contribution in [0.25, 0.3) is 34.3 Å². The highest BCUT2D eigenvalue weighted by Crippen LogP contribution is 2.25. The molecule has 2 N–H and O–H groups in total. The van der Waals surface area contributed by atoms with Gasteiger partial charge in [0.05, 0.1) is 16.9 Å². The second kappa shape index (κ2) is 9.07. The number of H-pyrrole nitrogens is 1. The zero-order valence-electron chi connectivity index (χ0n) is 18.1. The third kappa shape index (κ3) is 4.87. The number of aromatic amines is 1. The van der Waals surface area contributed by atoms with Gasteiger partial charge >= 0.3 is 0 Å². The van der Waals surface area contributed by atoms with E-state index in [4.69, 9.17) is 0 Å². The number of hydrogen-bond donors (Lipinski definition) is 2. The first kappa shape index (κ1) is 21.3. The highest BCUT2D eigenvalue weighted by Gasteiger charge is 2.08.